The Morgan fingerprint density at radius 3 is 2.68 bits per heavy atom. The van der Waals surface area contributed by atoms with Crippen LogP contribution in [0.4, 0.5) is 4.79 Å². The van der Waals surface area contributed by atoms with E-state index in [4.69, 9.17) is 9.47 Å². The molecule has 1 atom stereocenters. The van der Waals surface area contributed by atoms with E-state index in [2.05, 4.69) is 5.32 Å². The lowest BCUT2D eigenvalue weighted by atomic mass is 10.1. The molecule has 1 N–H and O–H groups in total. The van der Waals surface area contributed by atoms with E-state index in [0.717, 1.165) is 43.6 Å². The number of benzene rings is 1. The van der Waals surface area contributed by atoms with Crippen LogP contribution in [0.25, 0.3) is 0 Å². The molecule has 0 spiro atoms. The van der Waals surface area contributed by atoms with Crippen LogP contribution in [-0.4, -0.2) is 43.3 Å². The lowest BCUT2D eigenvalue weighted by Crippen LogP contribution is -2.47. The number of carbonyl (C=O) groups excluding carboxylic acids is 1. The van der Waals surface area contributed by atoms with E-state index in [-0.39, 0.29) is 12.1 Å². The summed E-state index contributed by atoms with van der Waals surface area (Å²) in [4.78, 5) is 14.9. The van der Waals surface area contributed by atoms with Crippen molar-refractivity contribution in [2.75, 3.05) is 20.3 Å². The largest absolute Gasteiger partial charge is 0.496 e. The topological polar surface area (TPSA) is 50.8 Å². The number of para-hydroxylation sites is 1. The lowest BCUT2D eigenvalue weighted by Gasteiger charge is -2.31. The van der Waals surface area contributed by atoms with Gasteiger partial charge < -0.3 is 19.7 Å². The zero-order valence-electron chi connectivity index (χ0n) is 15.2. The highest BCUT2D eigenvalue weighted by Crippen LogP contribution is 2.27. The van der Waals surface area contributed by atoms with Gasteiger partial charge in [0.2, 0.25) is 0 Å². The van der Waals surface area contributed by atoms with Crippen molar-refractivity contribution in [1.82, 2.24) is 10.2 Å². The highest BCUT2D eigenvalue weighted by Gasteiger charge is 2.28. The van der Waals surface area contributed by atoms with Crippen molar-refractivity contribution in [3.63, 3.8) is 0 Å². The fourth-order valence-electron chi connectivity index (χ4n) is 3.87. The molecule has 5 nitrogen and oxygen atoms in total. The second kappa shape index (κ2) is 9.09. The number of hydrogen-bond donors (Lipinski definition) is 1. The van der Waals surface area contributed by atoms with Crippen LogP contribution in [-0.2, 0) is 11.3 Å². The molecule has 1 saturated carbocycles. The number of methoxy groups -OCH3 is 1. The van der Waals surface area contributed by atoms with Crippen LogP contribution in [0.15, 0.2) is 24.3 Å². The Labute approximate surface area is 150 Å². The zero-order chi connectivity index (χ0) is 17.5. The molecule has 1 saturated heterocycles. The Balaban J connectivity index is 1.64. The van der Waals surface area contributed by atoms with E-state index in [1.807, 2.05) is 29.2 Å². The minimum atomic E-state index is 0.0204. The minimum absolute atomic E-state index is 0.0204. The summed E-state index contributed by atoms with van der Waals surface area (Å²) >= 11 is 0. The van der Waals surface area contributed by atoms with Gasteiger partial charge in [-0.2, -0.15) is 0 Å². The van der Waals surface area contributed by atoms with Crippen molar-refractivity contribution in [2.24, 2.45) is 0 Å². The number of hydrogen-bond acceptors (Lipinski definition) is 3. The molecule has 0 radical (unpaired) electrons. The Bertz CT molecular complexity index is 552. The molecule has 1 heterocycles. The smallest absolute Gasteiger partial charge is 0.318 e. The first-order chi connectivity index (χ1) is 12.3. The van der Waals surface area contributed by atoms with E-state index in [0.29, 0.717) is 19.1 Å². The first-order valence-corrected chi connectivity index (χ1v) is 9.56. The predicted molar refractivity (Wildman–Crippen MR) is 97.8 cm³/mol. The van der Waals surface area contributed by atoms with Crippen molar-refractivity contribution < 1.29 is 14.3 Å². The molecule has 2 aliphatic rings. The fraction of sp³-hybridized carbons (Fsp3) is 0.650. The van der Waals surface area contributed by atoms with Gasteiger partial charge in [-0.05, 0) is 38.2 Å². The number of nitrogens with zero attached hydrogens (tertiary/aromatic N) is 1. The number of amides is 2. The molecule has 3 rings (SSSR count). The van der Waals surface area contributed by atoms with Gasteiger partial charge in [-0.15, -0.1) is 0 Å². The third-order valence-electron chi connectivity index (χ3n) is 5.31. The van der Waals surface area contributed by atoms with E-state index in [9.17, 15) is 4.79 Å². The Morgan fingerprint density at radius 1 is 1.20 bits per heavy atom. The van der Waals surface area contributed by atoms with E-state index >= 15 is 0 Å². The molecule has 0 bridgehead atoms. The maximum atomic E-state index is 12.9. The highest BCUT2D eigenvalue weighted by atomic mass is 16.5. The Morgan fingerprint density at radius 2 is 1.96 bits per heavy atom. The third-order valence-corrected chi connectivity index (χ3v) is 5.31. The standard InChI is InChI=1S/C20H30N2O3/c1-24-19-12-5-2-8-16(19)15-22(17-9-3-4-10-17)20(23)21-14-18-11-6-7-13-25-18/h2,5,8,12,17-18H,3-4,6-7,9-11,13-15H2,1H3,(H,21,23). The zero-order valence-corrected chi connectivity index (χ0v) is 15.2. The quantitative estimate of drug-likeness (QED) is 0.854. The lowest BCUT2D eigenvalue weighted by molar-refractivity contribution is 0.0174. The molecule has 5 heteroatoms. The molecule has 1 aromatic carbocycles. The minimum Gasteiger partial charge on any atom is -0.496 e. The molecular formula is C20H30N2O3. The van der Waals surface area contributed by atoms with Crippen molar-refractivity contribution in [2.45, 2.75) is 63.6 Å². The van der Waals surface area contributed by atoms with Gasteiger partial charge in [0.1, 0.15) is 5.75 Å². The Kier molecular flexibility index (Phi) is 6.56. The Hall–Kier alpha value is -1.75. The molecule has 2 fully saturated rings. The summed E-state index contributed by atoms with van der Waals surface area (Å²) in [6.07, 6.45) is 8.09. The predicted octanol–water partition coefficient (Wildman–Crippen LogP) is 3.72. The van der Waals surface area contributed by atoms with Gasteiger partial charge in [0.15, 0.2) is 0 Å². The van der Waals surface area contributed by atoms with Crippen LogP contribution in [0, 0.1) is 0 Å². The molecule has 1 aromatic rings. The van der Waals surface area contributed by atoms with Gasteiger partial charge in [-0.25, -0.2) is 4.79 Å². The second-order valence-electron chi connectivity index (χ2n) is 7.05. The maximum Gasteiger partial charge on any atom is 0.318 e. The molecular weight excluding hydrogens is 316 g/mol. The first-order valence-electron chi connectivity index (χ1n) is 9.56. The summed E-state index contributed by atoms with van der Waals surface area (Å²) in [6.45, 7) is 2.01. The molecule has 0 aromatic heterocycles. The van der Waals surface area contributed by atoms with Crippen LogP contribution < -0.4 is 10.1 Å². The van der Waals surface area contributed by atoms with E-state index in [1.165, 1.54) is 19.3 Å². The van der Waals surface area contributed by atoms with Crippen LogP contribution in [0.2, 0.25) is 0 Å². The SMILES string of the molecule is COc1ccccc1CN(C(=O)NCC1CCCCO1)C1CCCC1. The summed E-state index contributed by atoms with van der Waals surface area (Å²) in [7, 11) is 1.68. The third kappa shape index (κ3) is 4.88. The molecule has 1 aliphatic heterocycles. The van der Waals surface area contributed by atoms with Gasteiger partial charge in [-0.1, -0.05) is 31.0 Å². The van der Waals surface area contributed by atoms with Crippen molar-refractivity contribution in [1.29, 1.82) is 0 Å². The summed E-state index contributed by atoms with van der Waals surface area (Å²) in [5, 5.41) is 3.11. The molecule has 1 aliphatic carbocycles. The summed E-state index contributed by atoms with van der Waals surface area (Å²) in [5.74, 6) is 0.842. The van der Waals surface area contributed by atoms with Gasteiger partial charge in [0.05, 0.1) is 19.8 Å². The normalized spacial score (nSPS) is 21.1. The van der Waals surface area contributed by atoms with Gasteiger partial charge in [0, 0.05) is 24.8 Å². The number of ether oxygens (including phenoxy) is 2. The molecule has 25 heavy (non-hydrogen) atoms. The van der Waals surface area contributed by atoms with E-state index in [1.54, 1.807) is 7.11 Å². The summed E-state index contributed by atoms with van der Waals surface area (Å²) in [5.41, 5.74) is 1.06. The average Bonchev–Trinajstić information content (AvgIpc) is 3.19. The van der Waals surface area contributed by atoms with Crippen LogP contribution >= 0.6 is 0 Å². The monoisotopic (exact) mass is 346 g/mol. The van der Waals surface area contributed by atoms with Gasteiger partial charge in [0.25, 0.3) is 0 Å². The number of nitrogens with one attached hydrogen (secondary N) is 1. The first kappa shape index (κ1) is 18.1. The van der Waals surface area contributed by atoms with Crippen molar-refractivity contribution in [3.05, 3.63) is 29.8 Å². The van der Waals surface area contributed by atoms with Crippen LogP contribution in [0.1, 0.15) is 50.5 Å². The molecule has 138 valence electrons. The van der Waals surface area contributed by atoms with Crippen LogP contribution in [0.5, 0.6) is 5.75 Å². The molecule has 2 amide bonds. The number of rotatable bonds is 6. The molecule has 1 unspecified atom stereocenters. The van der Waals surface area contributed by atoms with Gasteiger partial charge >= 0.3 is 6.03 Å². The van der Waals surface area contributed by atoms with Gasteiger partial charge in [-0.3, -0.25) is 0 Å². The number of carbonyl (C=O) groups is 1. The maximum absolute atomic E-state index is 12.9. The van der Waals surface area contributed by atoms with Crippen LogP contribution in [0.3, 0.4) is 0 Å². The fourth-order valence-corrected chi connectivity index (χ4v) is 3.87. The number of urea groups is 1. The van der Waals surface area contributed by atoms with Crippen molar-refractivity contribution in [3.8, 4) is 5.75 Å². The summed E-state index contributed by atoms with van der Waals surface area (Å²) in [6, 6.07) is 8.29. The summed E-state index contributed by atoms with van der Waals surface area (Å²) < 4.78 is 11.2. The van der Waals surface area contributed by atoms with Crippen molar-refractivity contribution >= 4 is 6.03 Å². The van der Waals surface area contributed by atoms with E-state index < -0.39 is 0 Å². The average molecular weight is 346 g/mol. The highest BCUT2D eigenvalue weighted by molar-refractivity contribution is 5.74. The second-order valence-corrected chi connectivity index (χ2v) is 7.05.